The van der Waals surface area contributed by atoms with Gasteiger partial charge in [-0.1, -0.05) is 11.3 Å². The first-order valence-electron chi connectivity index (χ1n) is 4.29. The van der Waals surface area contributed by atoms with Gasteiger partial charge in [-0.15, -0.1) is 0 Å². The van der Waals surface area contributed by atoms with Gasteiger partial charge in [0.25, 0.3) is 0 Å². The second-order valence-corrected chi connectivity index (χ2v) is 5.15. The summed E-state index contributed by atoms with van der Waals surface area (Å²) in [6.07, 6.45) is 1.43. The molecule has 1 N–H and O–H groups in total. The number of thioether (sulfide) groups is 1. The third-order valence-corrected chi connectivity index (χ3v) is 3.97. The Kier molecular flexibility index (Phi) is 2.93. The minimum absolute atomic E-state index is 0.318. The van der Waals surface area contributed by atoms with Crippen molar-refractivity contribution >= 4 is 34.2 Å². The van der Waals surface area contributed by atoms with Crippen molar-refractivity contribution in [3.8, 4) is 0 Å². The van der Waals surface area contributed by atoms with Crippen molar-refractivity contribution in [3.63, 3.8) is 0 Å². The highest BCUT2D eigenvalue weighted by atomic mass is 32.2. The molecule has 2 rings (SSSR count). The highest BCUT2D eigenvalue weighted by molar-refractivity contribution is 7.99. The SMILES string of the molecule is O=C(O)c1cnc(N2CCSCC2)s1. The molecule has 0 aliphatic carbocycles. The number of nitrogens with zero attached hydrogens (tertiary/aromatic N) is 2. The summed E-state index contributed by atoms with van der Waals surface area (Å²) in [5.74, 6) is 1.31. The maximum Gasteiger partial charge on any atom is 0.347 e. The Balaban J connectivity index is 2.11. The Morgan fingerprint density at radius 3 is 2.79 bits per heavy atom. The second-order valence-electron chi connectivity index (χ2n) is 2.91. The lowest BCUT2D eigenvalue weighted by Crippen LogP contribution is -2.32. The second kappa shape index (κ2) is 4.18. The van der Waals surface area contributed by atoms with Gasteiger partial charge in [-0.2, -0.15) is 11.8 Å². The molecule has 14 heavy (non-hydrogen) atoms. The fraction of sp³-hybridized carbons (Fsp3) is 0.500. The predicted molar refractivity (Wildman–Crippen MR) is 58.6 cm³/mol. The minimum atomic E-state index is -0.889. The Morgan fingerprint density at radius 2 is 2.21 bits per heavy atom. The normalized spacial score (nSPS) is 17.0. The molecule has 1 aliphatic heterocycles. The highest BCUT2D eigenvalue weighted by Gasteiger charge is 2.16. The van der Waals surface area contributed by atoms with Crippen LogP contribution >= 0.6 is 23.1 Å². The number of hydrogen-bond donors (Lipinski definition) is 1. The van der Waals surface area contributed by atoms with E-state index in [1.165, 1.54) is 17.5 Å². The topological polar surface area (TPSA) is 53.4 Å². The third-order valence-electron chi connectivity index (χ3n) is 1.99. The minimum Gasteiger partial charge on any atom is -0.477 e. The Bertz CT molecular complexity index is 334. The molecule has 0 unspecified atom stereocenters. The number of thiazole rings is 1. The van der Waals surface area contributed by atoms with Crippen molar-refractivity contribution in [2.75, 3.05) is 29.5 Å². The van der Waals surface area contributed by atoms with Gasteiger partial charge in [-0.3, -0.25) is 0 Å². The van der Waals surface area contributed by atoms with E-state index in [1.54, 1.807) is 0 Å². The molecule has 0 aromatic carbocycles. The average Bonchev–Trinajstić information content (AvgIpc) is 2.68. The number of carbonyl (C=O) groups is 1. The number of anilines is 1. The molecule has 2 heterocycles. The maximum atomic E-state index is 10.6. The van der Waals surface area contributed by atoms with E-state index >= 15 is 0 Å². The molecule has 1 saturated heterocycles. The lowest BCUT2D eigenvalue weighted by Gasteiger charge is -2.25. The summed E-state index contributed by atoms with van der Waals surface area (Å²) in [6.45, 7) is 1.94. The molecule has 1 aromatic heterocycles. The third kappa shape index (κ3) is 2.01. The molecule has 4 nitrogen and oxygen atoms in total. The standard InChI is InChI=1S/C8H10N2O2S2/c11-7(12)6-5-9-8(14-6)10-1-3-13-4-2-10/h5H,1-4H2,(H,11,12). The predicted octanol–water partition coefficient (Wildman–Crippen LogP) is 1.39. The molecule has 0 atom stereocenters. The van der Waals surface area contributed by atoms with E-state index in [0.29, 0.717) is 4.88 Å². The number of hydrogen-bond acceptors (Lipinski definition) is 5. The summed E-state index contributed by atoms with van der Waals surface area (Å²) >= 11 is 3.18. The van der Waals surface area contributed by atoms with Crippen LogP contribution in [-0.2, 0) is 0 Å². The van der Waals surface area contributed by atoms with E-state index in [0.717, 1.165) is 29.7 Å². The van der Waals surface area contributed by atoms with Gasteiger partial charge in [0.2, 0.25) is 0 Å². The summed E-state index contributed by atoms with van der Waals surface area (Å²) in [5, 5.41) is 9.58. The van der Waals surface area contributed by atoms with Crippen LogP contribution in [-0.4, -0.2) is 40.7 Å². The first kappa shape index (κ1) is 9.79. The monoisotopic (exact) mass is 230 g/mol. The first-order valence-corrected chi connectivity index (χ1v) is 6.26. The van der Waals surface area contributed by atoms with Crippen molar-refractivity contribution in [1.82, 2.24) is 4.98 Å². The van der Waals surface area contributed by atoms with Crippen molar-refractivity contribution < 1.29 is 9.90 Å². The van der Waals surface area contributed by atoms with Crippen LogP contribution in [0.5, 0.6) is 0 Å². The Hall–Kier alpha value is -0.750. The van der Waals surface area contributed by atoms with Crippen molar-refractivity contribution in [2.45, 2.75) is 0 Å². The van der Waals surface area contributed by atoms with Gasteiger partial charge >= 0.3 is 5.97 Å². The van der Waals surface area contributed by atoms with E-state index in [4.69, 9.17) is 5.11 Å². The summed E-state index contributed by atoms with van der Waals surface area (Å²) < 4.78 is 0. The molecule has 0 saturated carbocycles. The number of carboxylic acid groups (broad SMARTS) is 1. The van der Waals surface area contributed by atoms with Gasteiger partial charge in [0.05, 0.1) is 6.20 Å². The molecule has 1 fully saturated rings. The zero-order valence-electron chi connectivity index (χ0n) is 7.47. The van der Waals surface area contributed by atoms with E-state index < -0.39 is 5.97 Å². The summed E-state index contributed by atoms with van der Waals surface area (Å²) in [5.41, 5.74) is 0. The molecule has 0 spiro atoms. The average molecular weight is 230 g/mol. The van der Waals surface area contributed by atoms with Crippen LogP contribution in [0, 0.1) is 0 Å². The van der Waals surface area contributed by atoms with Gasteiger partial charge in [-0.05, 0) is 0 Å². The van der Waals surface area contributed by atoms with E-state index in [-0.39, 0.29) is 0 Å². The number of aromatic nitrogens is 1. The Morgan fingerprint density at radius 1 is 1.50 bits per heavy atom. The van der Waals surface area contributed by atoms with E-state index in [1.807, 2.05) is 11.8 Å². The largest absolute Gasteiger partial charge is 0.477 e. The zero-order valence-corrected chi connectivity index (χ0v) is 9.11. The summed E-state index contributed by atoms with van der Waals surface area (Å²) in [7, 11) is 0. The van der Waals surface area contributed by atoms with Crippen molar-refractivity contribution in [1.29, 1.82) is 0 Å². The lowest BCUT2D eigenvalue weighted by atomic mass is 10.5. The Labute approximate surface area is 89.9 Å². The molecular formula is C8H10N2O2S2. The van der Waals surface area contributed by atoms with Gasteiger partial charge in [0, 0.05) is 24.6 Å². The van der Waals surface area contributed by atoms with Crippen LogP contribution in [0.25, 0.3) is 0 Å². The number of carboxylic acids is 1. The molecule has 0 amide bonds. The van der Waals surface area contributed by atoms with Crippen LogP contribution in [0.2, 0.25) is 0 Å². The molecule has 6 heteroatoms. The van der Waals surface area contributed by atoms with Crippen molar-refractivity contribution in [2.24, 2.45) is 0 Å². The summed E-state index contributed by atoms with van der Waals surface area (Å²) in [4.78, 5) is 17.2. The highest BCUT2D eigenvalue weighted by Crippen LogP contribution is 2.24. The van der Waals surface area contributed by atoms with E-state index in [9.17, 15) is 4.79 Å². The first-order chi connectivity index (χ1) is 6.77. The van der Waals surface area contributed by atoms with Crippen LogP contribution in [0.4, 0.5) is 5.13 Å². The van der Waals surface area contributed by atoms with Crippen LogP contribution in [0.15, 0.2) is 6.20 Å². The van der Waals surface area contributed by atoms with Crippen LogP contribution in [0.1, 0.15) is 9.67 Å². The van der Waals surface area contributed by atoms with Crippen LogP contribution in [0.3, 0.4) is 0 Å². The van der Waals surface area contributed by atoms with Crippen molar-refractivity contribution in [3.05, 3.63) is 11.1 Å². The number of aromatic carboxylic acids is 1. The van der Waals surface area contributed by atoms with Gasteiger partial charge in [0.15, 0.2) is 5.13 Å². The van der Waals surface area contributed by atoms with Crippen LogP contribution < -0.4 is 4.90 Å². The fourth-order valence-corrected chi connectivity index (χ4v) is 2.97. The zero-order chi connectivity index (χ0) is 9.97. The fourth-order valence-electron chi connectivity index (χ4n) is 1.26. The molecular weight excluding hydrogens is 220 g/mol. The molecule has 76 valence electrons. The maximum absolute atomic E-state index is 10.6. The van der Waals surface area contributed by atoms with E-state index in [2.05, 4.69) is 9.88 Å². The molecule has 1 aromatic rings. The lowest BCUT2D eigenvalue weighted by molar-refractivity contribution is 0.0702. The van der Waals surface area contributed by atoms with Gasteiger partial charge < -0.3 is 10.0 Å². The summed E-state index contributed by atoms with van der Waals surface area (Å²) in [6, 6.07) is 0. The molecule has 1 aliphatic rings. The van der Waals surface area contributed by atoms with Gasteiger partial charge in [0.1, 0.15) is 4.88 Å². The van der Waals surface area contributed by atoms with Gasteiger partial charge in [-0.25, -0.2) is 9.78 Å². The molecule has 0 bridgehead atoms. The molecule has 0 radical (unpaired) electrons. The quantitative estimate of drug-likeness (QED) is 0.832. The smallest absolute Gasteiger partial charge is 0.347 e. The number of rotatable bonds is 2.